The molecule has 0 aliphatic carbocycles. The lowest BCUT2D eigenvalue weighted by Gasteiger charge is -2.42. The zero-order valence-corrected chi connectivity index (χ0v) is 11.9. The molecule has 0 spiro atoms. The Labute approximate surface area is 114 Å². The standard InChI is InChI=1S/C15H23FN2O/c1-4-7-18(13-9-17-10-13)11(2)12-5-6-15(19-3)14(16)8-12/h5-6,8,11,13,17H,4,7,9-10H2,1-3H3. The van der Waals surface area contributed by atoms with E-state index < -0.39 is 0 Å². The average molecular weight is 266 g/mol. The molecule has 1 aliphatic heterocycles. The molecular weight excluding hydrogens is 243 g/mol. The monoisotopic (exact) mass is 266 g/mol. The van der Waals surface area contributed by atoms with Gasteiger partial charge in [0.25, 0.3) is 0 Å². The maximum Gasteiger partial charge on any atom is 0.165 e. The minimum absolute atomic E-state index is 0.229. The van der Waals surface area contributed by atoms with Crippen molar-refractivity contribution >= 4 is 0 Å². The van der Waals surface area contributed by atoms with Crippen LogP contribution in [0, 0.1) is 5.82 Å². The normalized spacial score (nSPS) is 17.3. The molecule has 0 aromatic heterocycles. The van der Waals surface area contributed by atoms with Crippen LogP contribution in [0.5, 0.6) is 5.75 Å². The summed E-state index contributed by atoms with van der Waals surface area (Å²) >= 11 is 0. The number of hydrogen-bond donors (Lipinski definition) is 1. The Morgan fingerprint density at radius 2 is 2.21 bits per heavy atom. The van der Waals surface area contributed by atoms with Crippen LogP contribution in [-0.2, 0) is 0 Å². The van der Waals surface area contributed by atoms with Crippen molar-refractivity contribution in [3.8, 4) is 5.75 Å². The second-order valence-electron chi connectivity index (χ2n) is 5.12. The second kappa shape index (κ2) is 6.35. The first-order valence-electron chi connectivity index (χ1n) is 6.97. The summed E-state index contributed by atoms with van der Waals surface area (Å²) in [5.74, 6) is 0.0262. The molecule has 1 fully saturated rings. The minimum Gasteiger partial charge on any atom is -0.494 e. The third-order valence-corrected chi connectivity index (χ3v) is 3.87. The van der Waals surface area contributed by atoms with Crippen LogP contribution in [0.25, 0.3) is 0 Å². The van der Waals surface area contributed by atoms with Gasteiger partial charge >= 0.3 is 0 Å². The number of ether oxygens (including phenoxy) is 1. The van der Waals surface area contributed by atoms with Crippen molar-refractivity contribution in [3.05, 3.63) is 29.6 Å². The molecule has 1 atom stereocenters. The topological polar surface area (TPSA) is 24.5 Å². The molecule has 19 heavy (non-hydrogen) atoms. The molecule has 2 rings (SSSR count). The van der Waals surface area contributed by atoms with Crippen LogP contribution in [0.2, 0.25) is 0 Å². The van der Waals surface area contributed by atoms with Gasteiger partial charge in [-0.1, -0.05) is 13.0 Å². The van der Waals surface area contributed by atoms with E-state index in [-0.39, 0.29) is 11.9 Å². The van der Waals surface area contributed by atoms with Gasteiger partial charge in [-0.05, 0) is 37.6 Å². The molecule has 0 bridgehead atoms. The average Bonchev–Trinajstić information content (AvgIpc) is 2.35. The van der Waals surface area contributed by atoms with Crippen molar-refractivity contribution in [2.75, 3.05) is 26.7 Å². The third-order valence-electron chi connectivity index (χ3n) is 3.87. The Bertz CT molecular complexity index is 421. The van der Waals surface area contributed by atoms with E-state index >= 15 is 0 Å². The SMILES string of the molecule is CCCN(C1CNC1)C(C)c1ccc(OC)c(F)c1. The van der Waals surface area contributed by atoms with Gasteiger partial charge in [0.05, 0.1) is 7.11 Å². The van der Waals surface area contributed by atoms with Crippen molar-refractivity contribution in [2.24, 2.45) is 0 Å². The zero-order chi connectivity index (χ0) is 13.8. The number of rotatable bonds is 6. The number of nitrogens with zero attached hydrogens (tertiary/aromatic N) is 1. The van der Waals surface area contributed by atoms with Crippen LogP contribution in [0.4, 0.5) is 4.39 Å². The lowest BCUT2D eigenvalue weighted by atomic mass is 10.0. The van der Waals surface area contributed by atoms with E-state index in [1.165, 1.54) is 7.11 Å². The van der Waals surface area contributed by atoms with Crippen LogP contribution in [0.3, 0.4) is 0 Å². The predicted octanol–water partition coefficient (Wildman–Crippen LogP) is 2.58. The maximum atomic E-state index is 13.8. The van der Waals surface area contributed by atoms with E-state index in [4.69, 9.17) is 4.74 Å². The van der Waals surface area contributed by atoms with Gasteiger partial charge in [0.15, 0.2) is 11.6 Å². The summed E-state index contributed by atoms with van der Waals surface area (Å²) in [7, 11) is 1.49. The summed E-state index contributed by atoms with van der Waals surface area (Å²) in [6.45, 7) is 7.43. The van der Waals surface area contributed by atoms with Gasteiger partial charge in [-0.3, -0.25) is 4.90 Å². The molecule has 4 heteroatoms. The first-order chi connectivity index (χ1) is 9.17. The Morgan fingerprint density at radius 3 is 2.68 bits per heavy atom. The highest BCUT2D eigenvalue weighted by molar-refractivity contribution is 5.31. The molecule has 1 aliphatic rings. The van der Waals surface area contributed by atoms with Gasteiger partial charge in [0, 0.05) is 25.2 Å². The van der Waals surface area contributed by atoms with Gasteiger partial charge in [0.1, 0.15) is 0 Å². The summed E-state index contributed by atoms with van der Waals surface area (Å²) in [5.41, 5.74) is 1.01. The van der Waals surface area contributed by atoms with Crippen LogP contribution >= 0.6 is 0 Å². The molecule has 1 unspecified atom stereocenters. The zero-order valence-electron chi connectivity index (χ0n) is 11.9. The first kappa shape index (κ1) is 14.3. The van der Waals surface area contributed by atoms with Crippen molar-refractivity contribution in [2.45, 2.75) is 32.4 Å². The quantitative estimate of drug-likeness (QED) is 0.856. The highest BCUT2D eigenvalue weighted by atomic mass is 19.1. The van der Waals surface area contributed by atoms with Crippen LogP contribution in [0.1, 0.15) is 31.9 Å². The fourth-order valence-electron chi connectivity index (χ4n) is 2.59. The van der Waals surface area contributed by atoms with Gasteiger partial charge < -0.3 is 10.1 Å². The largest absolute Gasteiger partial charge is 0.494 e. The highest BCUT2D eigenvalue weighted by Crippen LogP contribution is 2.27. The number of nitrogens with one attached hydrogen (secondary N) is 1. The molecule has 3 nitrogen and oxygen atoms in total. The summed E-state index contributed by atoms with van der Waals surface area (Å²) in [5, 5.41) is 3.30. The molecule has 1 N–H and O–H groups in total. The van der Waals surface area contributed by atoms with Crippen molar-refractivity contribution in [1.82, 2.24) is 10.2 Å². The fourth-order valence-corrected chi connectivity index (χ4v) is 2.59. The summed E-state index contributed by atoms with van der Waals surface area (Å²) < 4.78 is 18.8. The Balaban J connectivity index is 2.15. The van der Waals surface area contributed by atoms with Crippen molar-refractivity contribution < 1.29 is 9.13 Å². The third kappa shape index (κ3) is 3.07. The number of methoxy groups -OCH3 is 1. The van der Waals surface area contributed by atoms with E-state index in [0.717, 1.165) is 31.6 Å². The molecular formula is C15H23FN2O. The van der Waals surface area contributed by atoms with Gasteiger partial charge in [-0.2, -0.15) is 0 Å². The Morgan fingerprint density at radius 1 is 1.47 bits per heavy atom. The van der Waals surface area contributed by atoms with E-state index in [1.807, 2.05) is 6.07 Å². The molecule has 1 heterocycles. The first-order valence-corrected chi connectivity index (χ1v) is 6.97. The molecule has 106 valence electrons. The molecule has 1 aromatic rings. The van der Waals surface area contributed by atoms with Crippen molar-refractivity contribution in [3.63, 3.8) is 0 Å². The van der Waals surface area contributed by atoms with Gasteiger partial charge in [-0.25, -0.2) is 4.39 Å². The Hall–Kier alpha value is -1.13. The summed E-state index contributed by atoms with van der Waals surface area (Å²) in [4.78, 5) is 2.46. The van der Waals surface area contributed by atoms with E-state index in [0.29, 0.717) is 11.8 Å². The number of halogens is 1. The van der Waals surface area contributed by atoms with Crippen LogP contribution < -0.4 is 10.1 Å². The Kier molecular flexibility index (Phi) is 4.77. The number of hydrogen-bond acceptors (Lipinski definition) is 3. The number of benzene rings is 1. The molecule has 0 amide bonds. The van der Waals surface area contributed by atoms with Crippen LogP contribution in [0.15, 0.2) is 18.2 Å². The molecule has 1 saturated heterocycles. The molecule has 0 saturated carbocycles. The van der Waals surface area contributed by atoms with E-state index in [9.17, 15) is 4.39 Å². The van der Waals surface area contributed by atoms with Gasteiger partial charge in [-0.15, -0.1) is 0 Å². The lowest BCUT2D eigenvalue weighted by molar-refractivity contribution is 0.103. The highest BCUT2D eigenvalue weighted by Gasteiger charge is 2.28. The lowest BCUT2D eigenvalue weighted by Crippen LogP contribution is -2.57. The van der Waals surface area contributed by atoms with Gasteiger partial charge in [0.2, 0.25) is 0 Å². The van der Waals surface area contributed by atoms with E-state index in [1.54, 1.807) is 12.1 Å². The maximum absolute atomic E-state index is 13.8. The molecule has 1 aromatic carbocycles. The van der Waals surface area contributed by atoms with Crippen molar-refractivity contribution in [1.29, 1.82) is 0 Å². The second-order valence-corrected chi connectivity index (χ2v) is 5.12. The minimum atomic E-state index is -0.282. The smallest absolute Gasteiger partial charge is 0.165 e. The molecule has 0 radical (unpaired) electrons. The van der Waals surface area contributed by atoms with E-state index in [2.05, 4.69) is 24.1 Å². The predicted molar refractivity (Wildman–Crippen MR) is 75.0 cm³/mol. The fraction of sp³-hybridized carbons (Fsp3) is 0.600. The summed E-state index contributed by atoms with van der Waals surface area (Å²) in [6.07, 6.45) is 1.11. The van der Waals surface area contributed by atoms with Crippen LogP contribution in [-0.4, -0.2) is 37.7 Å². The summed E-state index contributed by atoms with van der Waals surface area (Å²) in [6, 6.07) is 6.07.